The summed E-state index contributed by atoms with van der Waals surface area (Å²) >= 11 is 0. The molecule has 30 heavy (non-hydrogen) atoms. The van der Waals surface area contributed by atoms with E-state index in [2.05, 4.69) is 16.4 Å². The third-order valence-electron chi connectivity index (χ3n) is 5.13. The van der Waals surface area contributed by atoms with Crippen molar-refractivity contribution in [3.05, 3.63) is 72.1 Å². The molecule has 0 radical (unpaired) electrons. The van der Waals surface area contributed by atoms with Gasteiger partial charge in [0, 0.05) is 22.5 Å². The van der Waals surface area contributed by atoms with E-state index in [4.69, 9.17) is 4.42 Å². The first-order chi connectivity index (χ1) is 14.5. The Morgan fingerprint density at radius 1 is 1.03 bits per heavy atom. The minimum absolute atomic E-state index is 0.110. The highest BCUT2D eigenvalue weighted by molar-refractivity contribution is 5.88. The fraction of sp³-hybridized carbons (Fsp3) is 0.346. The van der Waals surface area contributed by atoms with E-state index in [1.54, 1.807) is 6.92 Å². The molecule has 0 saturated heterocycles. The van der Waals surface area contributed by atoms with Crippen molar-refractivity contribution in [3.8, 4) is 0 Å². The van der Waals surface area contributed by atoms with E-state index in [9.17, 15) is 4.79 Å². The van der Waals surface area contributed by atoms with Gasteiger partial charge in [0.25, 0.3) is 0 Å². The molecule has 0 saturated carbocycles. The van der Waals surface area contributed by atoms with Crippen LogP contribution in [0.2, 0.25) is 0 Å². The van der Waals surface area contributed by atoms with Crippen molar-refractivity contribution in [2.75, 3.05) is 0 Å². The Bertz CT molecular complexity index is 1040. The van der Waals surface area contributed by atoms with Crippen LogP contribution in [-0.4, -0.2) is 16.3 Å². The second-order valence-corrected chi connectivity index (χ2v) is 7.03. The summed E-state index contributed by atoms with van der Waals surface area (Å²) in [5.41, 5.74) is 2.43. The topological polar surface area (TPSA) is 58.0 Å². The van der Waals surface area contributed by atoms with Crippen LogP contribution in [0.3, 0.4) is 0 Å². The first-order valence-corrected chi connectivity index (χ1v) is 10.8. The number of rotatable bonds is 6. The first kappa shape index (κ1) is 23.4. The number of fused-ring (bicyclic) bond motifs is 2. The molecule has 4 rings (SSSR count). The van der Waals surface area contributed by atoms with Crippen LogP contribution in [0.5, 0.6) is 0 Å². The van der Waals surface area contributed by atoms with Gasteiger partial charge < -0.3 is 9.40 Å². The maximum absolute atomic E-state index is 12.4. The van der Waals surface area contributed by atoms with E-state index in [1.165, 1.54) is 0 Å². The number of Topliss-reactive ketones (excluding diaryl/α,β-unsaturated/α-hetero) is 1. The lowest BCUT2D eigenvalue weighted by molar-refractivity contribution is -0.122. The Labute approximate surface area is 179 Å². The standard InChI is InChI=1S/C22H22N2O2.2C2H6/c1-15(25)22(2,12-17-13-23-20-9-5-4-8-19(17)20)24-14-18-11-16-7-3-6-10-21(16)26-18;2*1-2/h3-11,13,23-24H,12,14H2,1-2H3;2*1-2H3. The molecule has 0 aliphatic rings. The molecular formula is C26H34N2O2. The lowest BCUT2D eigenvalue weighted by atomic mass is 9.89. The molecule has 0 aliphatic carbocycles. The summed E-state index contributed by atoms with van der Waals surface area (Å²) in [5.74, 6) is 0.941. The minimum atomic E-state index is -0.663. The largest absolute Gasteiger partial charge is 0.460 e. The number of hydrogen-bond donors (Lipinski definition) is 2. The Morgan fingerprint density at radius 2 is 1.70 bits per heavy atom. The van der Waals surface area contributed by atoms with Gasteiger partial charge in [-0.15, -0.1) is 0 Å². The van der Waals surface area contributed by atoms with Crippen molar-refractivity contribution in [2.45, 2.75) is 60.0 Å². The predicted molar refractivity (Wildman–Crippen MR) is 127 cm³/mol. The second-order valence-electron chi connectivity index (χ2n) is 7.03. The fourth-order valence-corrected chi connectivity index (χ4v) is 3.38. The average molecular weight is 407 g/mol. The van der Waals surface area contributed by atoms with Crippen molar-refractivity contribution < 1.29 is 9.21 Å². The molecule has 160 valence electrons. The molecule has 0 spiro atoms. The number of carbonyl (C=O) groups is 1. The smallest absolute Gasteiger partial charge is 0.149 e. The number of aromatic amines is 1. The van der Waals surface area contributed by atoms with Crippen LogP contribution < -0.4 is 5.32 Å². The molecule has 1 unspecified atom stereocenters. The van der Waals surface area contributed by atoms with E-state index in [0.717, 1.165) is 33.2 Å². The lowest BCUT2D eigenvalue weighted by Crippen LogP contribution is -2.49. The highest BCUT2D eigenvalue weighted by Gasteiger charge is 2.30. The minimum Gasteiger partial charge on any atom is -0.460 e. The Hall–Kier alpha value is -2.85. The van der Waals surface area contributed by atoms with Crippen molar-refractivity contribution in [1.82, 2.24) is 10.3 Å². The van der Waals surface area contributed by atoms with Gasteiger partial charge in [0.2, 0.25) is 0 Å². The van der Waals surface area contributed by atoms with Gasteiger partial charge in [-0.2, -0.15) is 0 Å². The third kappa shape index (κ3) is 5.19. The van der Waals surface area contributed by atoms with Gasteiger partial charge in [0.05, 0.1) is 12.1 Å². The fourth-order valence-electron chi connectivity index (χ4n) is 3.38. The normalized spacial score (nSPS) is 12.5. The van der Waals surface area contributed by atoms with Gasteiger partial charge in [-0.1, -0.05) is 64.1 Å². The van der Waals surface area contributed by atoms with Crippen molar-refractivity contribution in [2.24, 2.45) is 0 Å². The van der Waals surface area contributed by atoms with Gasteiger partial charge in [-0.25, -0.2) is 0 Å². The molecule has 4 heteroatoms. The highest BCUT2D eigenvalue weighted by atomic mass is 16.3. The van der Waals surface area contributed by atoms with Gasteiger partial charge in [-0.3, -0.25) is 10.1 Å². The number of carbonyl (C=O) groups excluding carboxylic acids is 1. The summed E-state index contributed by atoms with van der Waals surface area (Å²) in [5, 5.41) is 5.65. The van der Waals surface area contributed by atoms with Crippen LogP contribution in [0, 0.1) is 0 Å². The quantitative estimate of drug-likeness (QED) is 0.377. The molecule has 0 fully saturated rings. The molecule has 4 aromatic rings. The van der Waals surface area contributed by atoms with Gasteiger partial charge >= 0.3 is 0 Å². The number of benzene rings is 2. The molecule has 1 atom stereocenters. The second kappa shape index (κ2) is 10.8. The third-order valence-corrected chi connectivity index (χ3v) is 5.13. The number of ketones is 1. The Balaban J connectivity index is 0.000000757. The lowest BCUT2D eigenvalue weighted by Gasteiger charge is -2.28. The zero-order valence-corrected chi connectivity index (χ0v) is 19.0. The average Bonchev–Trinajstić information content (AvgIpc) is 3.39. The number of hydrogen-bond acceptors (Lipinski definition) is 3. The monoisotopic (exact) mass is 406 g/mol. The van der Waals surface area contributed by atoms with E-state index in [-0.39, 0.29) is 5.78 Å². The molecule has 2 N–H and O–H groups in total. The molecule has 0 aliphatic heterocycles. The number of furan rings is 1. The van der Waals surface area contributed by atoms with Crippen molar-refractivity contribution >= 4 is 27.7 Å². The number of nitrogens with one attached hydrogen (secondary N) is 2. The van der Waals surface area contributed by atoms with Crippen LogP contribution in [0.1, 0.15) is 52.9 Å². The van der Waals surface area contributed by atoms with Crippen LogP contribution >= 0.6 is 0 Å². The summed E-state index contributed by atoms with van der Waals surface area (Å²) in [6, 6.07) is 18.1. The molecular weight excluding hydrogens is 372 g/mol. The van der Waals surface area contributed by atoms with Crippen LogP contribution in [0.4, 0.5) is 0 Å². The van der Waals surface area contributed by atoms with Crippen molar-refractivity contribution in [3.63, 3.8) is 0 Å². The van der Waals surface area contributed by atoms with Crippen LogP contribution in [-0.2, 0) is 17.8 Å². The molecule has 0 bridgehead atoms. The number of para-hydroxylation sites is 2. The SMILES string of the molecule is CC.CC.CC(=O)C(C)(Cc1c[nH]c2ccccc12)NCc1cc2ccccc2o1. The van der Waals surface area contributed by atoms with E-state index >= 15 is 0 Å². The Morgan fingerprint density at radius 3 is 2.40 bits per heavy atom. The van der Waals surface area contributed by atoms with E-state index < -0.39 is 5.54 Å². The zero-order chi connectivity index (χ0) is 22.1. The Kier molecular flexibility index (Phi) is 8.43. The summed E-state index contributed by atoms with van der Waals surface area (Å²) in [7, 11) is 0. The molecule has 0 amide bonds. The van der Waals surface area contributed by atoms with E-state index in [0.29, 0.717) is 13.0 Å². The van der Waals surface area contributed by atoms with Crippen LogP contribution in [0.15, 0.2) is 65.2 Å². The van der Waals surface area contributed by atoms with Gasteiger partial charge in [0.1, 0.15) is 17.1 Å². The number of H-pyrrole nitrogens is 1. The van der Waals surface area contributed by atoms with Gasteiger partial charge in [0.15, 0.2) is 0 Å². The maximum atomic E-state index is 12.4. The van der Waals surface area contributed by atoms with E-state index in [1.807, 2.05) is 89.3 Å². The molecule has 2 aromatic carbocycles. The van der Waals surface area contributed by atoms with Gasteiger partial charge in [-0.05, 0) is 44.0 Å². The van der Waals surface area contributed by atoms with Crippen molar-refractivity contribution in [1.29, 1.82) is 0 Å². The molecule has 2 aromatic heterocycles. The highest BCUT2D eigenvalue weighted by Crippen LogP contribution is 2.24. The van der Waals surface area contributed by atoms with Crippen LogP contribution in [0.25, 0.3) is 21.9 Å². The summed E-state index contributed by atoms with van der Waals surface area (Å²) < 4.78 is 5.87. The zero-order valence-electron chi connectivity index (χ0n) is 19.0. The maximum Gasteiger partial charge on any atom is 0.149 e. The summed E-state index contributed by atoms with van der Waals surface area (Å²) in [6.07, 6.45) is 2.61. The number of aromatic nitrogens is 1. The summed E-state index contributed by atoms with van der Waals surface area (Å²) in [6.45, 7) is 12.1. The predicted octanol–water partition coefficient (Wildman–Crippen LogP) is 6.65. The molecule has 2 heterocycles. The molecule has 4 nitrogen and oxygen atoms in total. The first-order valence-electron chi connectivity index (χ1n) is 10.8. The summed E-state index contributed by atoms with van der Waals surface area (Å²) in [4.78, 5) is 15.7.